The molecule has 0 fully saturated rings. The van der Waals surface area contributed by atoms with Crippen LogP contribution in [-0.4, -0.2) is 26.8 Å². The van der Waals surface area contributed by atoms with Crippen molar-refractivity contribution in [1.82, 2.24) is 0 Å². The van der Waals surface area contributed by atoms with Crippen molar-refractivity contribution >= 4 is 13.6 Å². The first-order valence-electron chi connectivity index (χ1n) is 4.99. The van der Waals surface area contributed by atoms with Crippen molar-refractivity contribution in [1.29, 1.82) is 0 Å². The zero-order chi connectivity index (χ0) is 12.9. The van der Waals surface area contributed by atoms with Crippen LogP contribution in [0.5, 0.6) is 0 Å². The highest BCUT2D eigenvalue weighted by molar-refractivity contribution is 7.52. The number of furan rings is 1. The topological polar surface area (TPSA) is 75.0 Å². The lowest BCUT2D eigenvalue weighted by Crippen LogP contribution is -2.02. The summed E-state index contributed by atoms with van der Waals surface area (Å²) in [4.78, 5) is 11.3. The van der Waals surface area contributed by atoms with Gasteiger partial charge in [-0.3, -0.25) is 4.57 Å². The fourth-order valence-electron chi connectivity index (χ4n) is 1.18. The van der Waals surface area contributed by atoms with Crippen LogP contribution in [0.15, 0.2) is 16.7 Å². The fourth-order valence-corrected chi connectivity index (χ4v) is 2.13. The average molecular weight is 262 g/mol. The molecule has 1 rings (SSSR count). The molecule has 0 radical (unpaired) electrons. The quantitative estimate of drug-likeness (QED) is 0.579. The third kappa shape index (κ3) is 3.70. The van der Waals surface area contributed by atoms with E-state index in [1.807, 2.05) is 0 Å². The Hall–Kier alpha value is -1.10. The molecule has 7 heteroatoms. The molecule has 0 N–H and O–H groups in total. The molecule has 0 bridgehead atoms. The monoisotopic (exact) mass is 262 g/mol. The summed E-state index contributed by atoms with van der Waals surface area (Å²) in [5.41, 5.74) is 0.278. The molecule has 0 aliphatic carbocycles. The first-order valence-corrected chi connectivity index (χ1v) is 6.72. The first kappa shape index (κ1) is 14.0. The summed E-state index contributed by atoms with van der Waals surface area (Å²) in [5.74, 6) is -0.132. The molecule has 0 saturated carbocycles. The number of ether oxygens (including phenoxy) is 1. The molecule has 96 valence electrons. The maximum atomic E-state index is 11.8. The van der Waals surface area contributed by atoms with Crippen molar-refractivity contribution in [2.75, 3.05) is 20.8 Å². The van der Waals surface area contributed by atoms with Crippen LogP contribution in [0.4, 0.5) is 0 Å². The average Bonchev–Trinajstić information content (AvgIpc) is 2.77. The molecule has 0 spiro atoms. The van der Waals surface area contributed by atoms with Gasteiger partial charge in [-0.05, 0) is 13.0 Å². The smallest absolute Gasteiger partial charge is 0.341 e. The molecule has 0 aliphatic heterocycles. The third-order valence-corrected chi connectivity index (χ3v) is 3.88. The molecular formula is C10H15O6P. The van der Waals surface area contributed by atoms with E-state index in [0.29, 0.717) is 5.76 Å². The Balaban J connectivity index is 2.75. The van der Waals surface area contributed by atoms with E-state index in [9.17, 15) is 9.36 Å². The van der Waals surface area contributed by atoms with Crippen molar-refractivity contribution in [3.8, 4) is 0 Å². The third-order valence-electron chi connectivity index (χ3n) is 2.07. The van der Waals surface area contributed by atoms with E-state index in [-0.39, 0.29) is 18.3 Å². The van der Waals surface area contributed by atoms with E-state index >= 15 is 0 Å². The molecule has 1 aromatic rings. The van der Waals surface area contributed by atoms with Crippen molar-refractivity contribution in [3.63, 3.8) is 0 Å². The maximum Gasteiger partial charge on any atom is 0.341 e. The molecule has 0 unspecified atom stereocenters. The molecule has 0 atom stereocenters. The van der Waals surface area contributed by atoms with Crippen LogP contribution in [0, 0.1) is 0 Å². The van der Waals surface area contributed by atoms with Gasteiger partial charge in [0.2, 0.25) is 0 Å². The lowest BCUT2D eigenvalue weighted by atomic mass is 10.3. The van der Waals surface area contributed by atoms with Crippen LogP contribution >= 0.6 is 7.60 Å². The summed E-state index contributed by atoms with van der Waals surface area (Å²) in [7, 11) is -0.599. The summed E-state index contributed by atoms with van der Waals surface area (Å²) in [5, 5.41) is 0. The zero-order valence-electron chi connectivity index (χ0n) is 9.97. The number of hydrogen-bond donors (Lipinski definition) is 0. The summed E-state index contributed by atoms with van der Waals surface area (Å²) < 4.78 is 31.2. The predicted molar refractivity (Wildman–Crippen MR) is 60.0 cm³/mol. The molecule has 6 nitrogen and oxygen atoms in total. The van der Waals surface area contributed by atoms with Gasteiger partial charge in [-0.25, -0.2) is 4.79 Å². The zero-order valence-corrected chi connectivity index (χ0v) is 10.9. The predicted octanol–water partition coefficient (Wildman–Crippen LogP) is 2.44. The second-order valence-corrected chi connectivity index (χ2v) is 5.42. The molecule has 0 aliphatic rings. The van der Waals surface area contributed by atoms with Gasteiger partial charge >= 0.3 is 13.6 Å². The summed E-state index contributed by atoms with van der Waals surface area (Å²) >= 11 is 0. The second kappa shape index (κ2) is 6.00. The summed E-state index contributed by atoms with van der Waals surface area (Å²) in [6.07, 6.45) is 1.22. The number of carbonyl (C=O) groups is 1. The van der Waals surface area contributed by atoms with Crippen LogP contribution in [0.1, 0.15) is 23.0 Å². The van der Waals surface area contributed by atoms with Gasteiger partial charge < -0.3 is 18.2 Å². The van der Waals surface area contributed by atoms with E-state index in [0.717, 1.165) is 0 Å². The summed E-state index contributed by atoms with van der Waals surface area (Å²) in [6.45, 7) is 2.00. The molecule has 1 aromatic heterocycles. The van der Waals surface area contributed by atoms with Crippen molar-refractivity contribution in [3.05, 3.63) is 23.7 Å². The summed E-state index contributed by atoms with van der Waals surface area (Å²) in [6, 6.07) is 1.46. The Morgan fingerprint density at radius 1 is 1.41 bits per heavy atom. The SMILES string of the molecule is CCOC(=O)c1coc(CP(=O)(OC)OC)c1. The van der Waals surface area contributed by atoms with Crippen LogP contribution in [0.3, 0.4) is 0 Å². The molecule has 17 heavy (non-hydrogen) atoms. The Labute approximate surface area is 99.4 Å². The van der Waals surface area contributed by atoms with Crippen molar-refractivity contribution < 1.29 is 27.6 Å². The normalized spacial score (nSPS) is 11.5. The fraction of sp³-hybridized carbons (Fsp3) is 0.500. The van der Waals surface area contributed by atoms with Gasteiger partial charge in [0, 0.05) is 14.2 Å². The van der Waals surface area contributed by atoms with Crippen LogP contribution in [0.25, 0.3) is 0 Å². The molecule has 0 saturated heterocycles. The van der Waals surface area contributed by atoms with Gasteiger partial charge in [-0.2, -0.15) is 0 Å². The minimum Gasteiger partial charge on any atom is -0.468 e. The van der Waals surface area contributed by atoms with Gasteiger partial charge in [0.15, 0.2) is 0 Å². The minimum atomic E-state index is -3.18. The van der Waals surface area contributed by atoms with Crippen molar-refractivity contribution in [2.45, 2.75) is 13.1 Å². The highest BCUT2D eigenvalue weighted by Gasteiger charge is 2.24. The largest absolute Gasteiger partial charge is 0.468 e. The van der Waals surface area contributed by atoms with Gasteiger partial charge in [0.25, 0.3) is 0 Å². The van der Waals surface area contributed by atoms with Crippen molar-refractivity contribution in [2.24, 2.45) is 0 Å². The van der Waals surface area contributed by atoms with E-state index in [1.54, 1.807) is 6.92 Å². The molecule has 0 amide bonds. The maximum absolute atomic E-state index is 11.8. The molecular weight excluding hydrogens is 247 g/mol. The van der Waals surface area contributed by atoms with E-state index in [1.165, 1.54) is 26.5 Å². The standard InChI is InChI=1S/C10H15O6P/c1-4-15-10(11)8-5-9(16-6-8)7-17(12,13-2)14-3/h5-6H,4,7H2,1-3H3. The first-order chi connectivity index (χ1) is 8.04. The molecule has 0 aromatic carbocycles. The highest BCUT2D eigenvalue weighted by atomic mass is 31.2. The Morgan fingerprint density at radius 3 is 2.59 bits per heavy atom. The van der Waals surface area contributed by atoms with E-state index in [2.05, 4.69) is 0 Å². The Kier molecular flexibility index (Phi) is 4.93. The van der Waals surface area contributed by atoms with Crippen LogP contribution < -0.4 is 0 Å². The van der Waals surface area contributed by atoms with E-state index in [4.69, 9.17) is 18.2 Å². The number of rotatable bonds is 6. The van der Waals surface area contributed by atoms with Gasteiger partial charge in [0.1, 0.15) is 18.2 Å². The second-order valence-electron chi connectivity index (χ2n) is 3.16. The number of esters is 1. The highest BCUT2D eigenvalue weighted by Crippen LogP contribution is 2.49. The van der Waals surface area contributed by atoms with E-state index < -0.39 is 13.6 Å². The Morgan fingerprint density at radius 2 is 2.06 bits per heavy atom. The molecule has 1 heterocycles. The van der Waals surface area contributed by atoms with Gasteiger partial charge in [-0.1, -0.05) is 0 Å². The lowest BCUT2D eigenvalue weighted by Gasteiger charge is -2.11. The van der Waals surface area contributed by atoms with Crippen LogP contribution in [-0.2, 0) is 24.5 Å². The number of hydrogen-bond acceptors (Lipinski definition) is 6. The van der Waals surface area contributed by atoms with Gasteiger partial charge in [0.05, 0.1) is 12.2 Å². The van der Waals surface area contributed by atoms with Crippen LogP contribution in [0.2, 0.25) is 0 Å². The minimum absolute atomic E-state index is 0.0284. The number of carbonyl (C=O) groups excluding carboxylic acids is 1. The Bertz CT molecular complexity index is 416. The lowest BCUT2D eigenvalue weighted by molar-refractivity contribution is 0.0525. The van der Waals surface area contributed by atoms with Gasteiger partial charge in [-0.15, -0.1) is 0 Å².